The Hall–Kier alpha value is -3.09. The van der Waals surface area contributed by atoms with Gasteiger partial charge in [-0.15, -0.1) is 0 Å². The number of nitrogens with zero attached hydrogens (tertiary/aromatic N) is 3. The minimum Gasteiger partial charge on any atom is -0.385 e. The molecule has 0 radical (unpaired) electrons. The summed E-state index contributed by atoms with van der Waals surface area (Å²) in [5.74, 6) is 0. The van der Waals surface area contributed by atoms with Gasteiger partial charge in [0.1, 0.15) is 0 Å². The van der Waals surface area contributed by atoms with Crippen LogP contribution in [-0.4, -0.2) is 40.7 Å². The van der Waals surface area contributed by atoms with E-state index in [0.717, 1.165) is 52.3 Å². The normalized spacial score (nSPS) is 20.4. The first kappa shape index (κ1) is 25.6. The van der Waals surface area contributed by atoms with Gasteiger partial charge >= 0.3 is 0 Å². The van der Waals surface area contributed by atoms with Gasteiger partial charge in [0, 0.05) is 48.3 Å². The molecule has 192 valence electrons. The van der Waals surface area contributed by atoms with Gasteiger partial charge in [0.25, 0.3) is 0 Å². The Morgan fingerprint density at radius 1 is 1.11 bits per heavy atom. The molecule has 2 atom stereocenters. The van der Waals surface area contributed by atoms with E-state index in [1.165, 1.54) is 11.1 Å². The van der Waals surface area contributed by atoms with Crippen molar-refractivity contribution in [1.82, 2.24) is 15.2 Å². The molecule has 1 fully saturated rings. The van der Waals surface area contributed by atoms with Crippen LogP contribution in [0, 0.1) is 0 Å². The first-order valence-electron chi connectivity index (χ1n) is 12.8. The lowest BCUT2D eigenvalue weighted by molar-refractivity contribution is 0.316. The summed E-state index contributed by atoms with van der Waals surface area (Å²) in [6, 6.07) is 20.5. The molecule has 0 bridgehead atoms. The Labute approximate surface area is 230 Å². The third kappa shape index (κ3) is 5.05. The van der Waals surface area contributed by atoms with Crippen molar-refractivity contribution in [2.75, 3.05) is 30.4 Å². The molecule has 1 saturated heterocycles. The topological polar surface area (TPSA) is 43.4 Å². The van der Waals surface area contributed by atoms with E-state index in [-0.39, 0.29) is 17.6 Å². The number of anilines is 2. The maximum absolute atomic E-state index is 7.08. The second-order valence-corrected chi connectivity index (χ2v) is 11.2. The zero-order valence-electron chi connectivity index (χ0n) is 21.8. The highest BCUT2D eigenvalue weighted by molar-refractivity contribution is 7.80. The molecule has 3 heterocycles. The molecule has 37 heavy (non-hydrogen) atoms. The van der Waals surface area contributed by atoms with Crippen LogP contribution in [0.5, 0.6) is 0 Å². The summed E-state index contributed by atoms with van der Waals surface area (Å²) in [6.07, 6.45) is 5.09. The van der Waals surface area contributed by atoms with E-state index >= 15 is 0 Å². The SMILES string of the molecule is CC1=CC(C)(C)N(C)c2cc(Cl)c([C@@H]3[C@H](c4ccccn4)NC(=S)N3CCCNc3ccccc3)cc21. The number of halogens is 1. The standard InChI is InChI=1S/C30H34ClN5S/c1-20-19-30(2,3)35(4)26-18-24(31)23(17-22(20)26)28-27(25-13-8-9-14-33-25)34-29(37)36(28)16-10-15-32-21-11-6-5-7-12-21/h5-9,11-14,17-19,27-28,32H,10,15-16H2,1-4H3,(H,34,37)/t27-,28+/m0/s1. The molecule has 5 nitrogen and oxygen atoms in total. The molecule has 0 saturated carbocycles. The smallest absolute Gasteiger partial charge is 0.170 e. The van der Waals surface area contributed by atoms with E-state index in [1.54, 1.807) is 0 Å². The molecule has 0 unspecified atom stereocenters. The number of thiocarbonyl (C=S) groups is 1. The van der Waals surface area contributed by atoms with Gasteiger partial charge in [-0.25, -0.2) is 0 Å². The van der Waals surface area contributed by atoms with Crippen molar-refractivity contribution in [2.45, 2.75) is 44.8 Å². The van der Waals surface area contributed by atoms with Gasteiger partial charge in [-0.05, 0) is 86.9 Å². The summed E-state index contributed by atoms with van der Waals surface area (Å²) in [5, 5.41) is 8.56. The maximum atomic E-state index is 7.08. The van der Waals surface area contributed by atoms with Crippen molar-refractivity contribution in [3.63, 3.8) is 0 Å². The van der Waals surface area contributed by atoms with Crippen molar-refractivity contribution in [1.29, 1.82) is 0 Å². The fourth-order valence-electron chi connectivity index (χ4n) is 5.44. The molecule has 0 aliphatic carbocycles. The quantitative estimate of drug-likeness (QED) is 0.257. The predicted octanol–water partition coefficient (Wildman–Crippen LogP) is 6.84. The average Bonchev–Trinajstić information content (AvgIpc) is 3.21. The Bertz CT molecular complexity index is 1310. The molecular weight excluding hydrogens is 498 g/mol. The number of hydrogen-bond donors (Lipinski definition) is 2. The van der Waals surface area contributed by atoms with Crippen molar-refractivity contribution in [3.8, 4) is 0 Å². The van der Waals surface area contributed by atoms with Crippen LogP contribution in [0.25, 0.3) is 5.57 Å². The highest BCUT2D eigenvalue weighted by Crippen LogP contribution is 2.46. The Kier molecular flexibility index (Phi) is 7.15. The summed E-state index contributed by atoms with van der Waals surface area (Å²) < 4.78 is 0. The summed E-state index contributed by atoms with van der Waals surface area (Å²) in [4.78, 5) is 9.26. The van der Waals surface area contributed by atoms with Gasteiger partial charge in [-0.1, -0.05) is 41.9 Å². The molecule has 5 rings (SSSR count). The molecule has 3 aromatic rings. The lowest BCUT2D eigenvalue weighted by Crippen LogP contribution is -2.42. The maximum Gasteiger partial charge on any atom is 0.170 e. The first-order valence-corrected chi connectivity index (χ1v) is 13.6. The number of fused-ring (bicyclic) bond motifs is 1. The molecule has 2 N–H and O–H groups in total. The number of allylic oxidation sites excluding steroid dienone is 1. The number of pyridine rings is 1. The second-order valence-electron chi connectivity index (χ2n) is 10.4. The molecule has 0 spiro atoms. The van der Waals surface area contributed by atoms with Crippen molar-refractivity contribution in [2.24, 2.45) is 0 Å². The van der Waals surface area contributed by atoms with Gasteiger partial charge < -0.3 is 20.4 Å². The minimum atomic E-state index is -0.0895. The van der Waals surface area contributed by atoms with Gasteiger partial charge in [0.15, 0.2) is 5.11 Å². The number of likely N-dealkylation sites (N-methyl/N-ethyl adjacent to an activating group) is 1. The number of nitrogens with one attached hydrogen (secondary N) is 2. The third-order valence-corrected chi connectivity index (χ3v) is 8.21. The van der Waals surface area contributed by atoms with Crippen LogP contribution in [0.4, 0.5) is 11.4 Å². The highest BCUT2D eigenvalue weighted by Gasteiger charge is 2.41. The number of hydrogen-bond acceptors (Lipinski definition) is 4. The van der Waals surface area contributed by atoms with Crippen molar-refractivity contribution < 1.29 is 0 Å². The summed E-state index contributed by atoms with van der Waals surface area (Å²) in [6.45, 7) is 8.29. The first-order chi connectivity index (χ1) is 17.8. The van der Waals surface area contributed by atoms with Gasteiger partial charge in [-0.3, -0.25) is 4.98 Å². The zero-order valence-corrected chi connectivity index (χ0v) is 23.4. The Morgan fingerprint density at radius 3 is 2.59 bits per heavy atom. The summed E-state index contributed by atoms with van der Waals surface area (Å²) in [7, 11) is 2.13. The zero-order chi connectivity index (χ0) is 26.2. The van der Waals surface area contributed by atoms with E-state index < -0.39 is 0 Å². The van der Waals surface area contributed by atoms with E-state index in [4.69, 9.17) is 23.8 Å². The lowest BCUT2D eigenvalue weighted by Gasteiger charge is -2.41. The fraction of sp³-hybridized carbons (Fsp3) is 0.333. The molecule has 2 aromatic carbocycles. The monoisotopic (exact) mass is 531 g/mol. The second kappa shape index (κ2) is 10.3. The van der Waals surface area contributed by atoms with E-state index in [2.05, 4.69) is 89.6 Å². The number of rotatable bonds is 7. The Balaban J connectivity index is 1.48. The number of benzene rings is 2. The fourth-order valence-corrected chi connectivity index (χ4v) is 6.04. The molecule has 0 amide bonds. The molecular formula is C30H34ClN5S. The molecule has 2 aliphatic rings. The van der Waals surface area contributed by atoms with Gasteiger partial charge in [-0.2, -0.15) is 0 Å². The predicted molar refractivity (Wildman–Crippen MR) is 159 cm³/mol. The summed E-state index contributed by atoms with van der Waals surface area (Å²) >= 11 is 13.0. The van der Waals surface area contributed by atoms with E-state index in [9.17, 15) is 0 Å². The third-order valence-electron chi connectivity index (χ3n) is 7.53. The Morgan fingerprint density at radius 2 is 1.86 bits per heavy atom. The number of para-hydroxylation sites is 1. The van der Waals surface area contributed by atoms with Crippen LogP contribution in [0.15, 0.2) is 72.9 Å². The molecule has 2 aliphatic heterocycles. The minimum absolute atomic E-state index is 0.0648. The van der Waals surface area contributed by atoms with Gasteiger partial charge in [0.05, 0.1) is 23.3 Å². The molecule has 1 aromatic heterocycles. The largest absolute Gasteiger partial charge is 0.385 e. The van der Waals surface area contributed by atoms with Crippen LogP contribution in [0.1, 0.15) is 56.1 Å². The van der Waals surface area contributed by atoms with E-state index in [0.29, 0.717) is 0 Å². The van der Waals surface area contributed by atoms with Crippen LogP contribution in [0.3, 0.4) is 0 Å². The van der Waals surface area contributed by atoms with Crippen LogP contribution < -0.4 is 15.5 Å². The van der Waals surface area contributed by atoms with E-state index in [1.807, 2.05) is 36.5 Å². The van der Waals surface area contributed by atoms with Crippen molar-refractivity contribution in [3.05, 3.63) is 94.8 Å². The lowest BCUT2D eigenvalue weighted by atomic mass is 9.86. The molecule has 7 heteroatoms. The van der Waals surface area contributed by atoms with Crippen LogP contribution in [-0.2, 0) is 0 Å². The average molecular weight is 532 g/mol. The van der Waals surface area contributed by atoms with Gasteiger partial charge in [0.2, 0.25) is 0 Å². The number of aromatic nitrogens is 1. The van der Waals surface area contributed by atoms with Crippen LogP contribution in [0.2, 0.25) is 5.02 Å². The van der Waals surface area contributed by atoms with Crippen molar-refractivity contribution >= 4 is 45.9 Å². The summed E-state index contributed by atoms with van der Waals surface area (Å²) in [5.41, 5.74) is 6.70. The van der Waals surface area contributed by atoms with Crippen LogP contribution >= 0.6 is 23.8 Å². The highest BCUT2D eigenvalue weighted by atomic mass is 35.5.